The molecule has 7 nitrogen and oxygen atoms in total. The van der Waals surface area contributed by atoms with Crippen molar-refractivity contribution in [1.82, 2.24) is 10.2 Å². The Kier molecular flexibility index (Phi) is 3.83. The number of nitrogens with two attached hydrogens (primary N) is 1. The van der Waals surface area contributed by atoms with Crippen LogP contribution in [0.25, 0.3) is 0 Å². The lowest BCUT2D eigenvalue weighted by atomic mass is 10.2. The number of imide groups is 1. The second-order valence-electron chi connectivity index (χ2n) is 4.24. The van der Waals surface area contributed by atoms with Gasteiger partial charge in [0.25, 0.3) is 0 Å². The molecule has 0 bridgehead atoms. The molecule has 1 fully saturated rings. The summed E-state index contributed by atoms with van der Waals surface area (Å²) in [7, 11) is 0. The van der Waals surface area contributed by atoms with Gasteiger partial charge in [-0.25, -0.2) is 9.18 Å². The lowest BCUT2D eigenvalue weighted by Crippen LogP contribution is -2.33. The Morgan fingerprint density at radius 2 is 2.20 bits per heavy atom. The molecule has 8 heteroatoms. The number of benzene rings is 1. The van der Waals surface area contributed by atoms with Crippen LogP contribution in [0.1, 0.15) is 6.42 Å². The number of carbonyl (C=O) groups is 3. The molecule has 1 aromatic rings. The number of amides is 4. The number of nitrogens with zero attached hydrogens (tertiary/aromatic N) is 1. The maximum Gasteiger partial charge on any atom is 0.324 e. The molecule has 0 aliphatic carbocycles. The SMILES string of the molecule is Nc1cc(NC(=O)CCN2C(=O)CNC2=O)ccc1F. The van der Waals surface area contributed by atoms with Gasteiger partial charge in [0.2, 0.25) is 11.8 Å². The molecule has 1 heterocycles. The van der Waals surface area contributed by atoms with Crippen molar-refractivity contribution < 1.29 is 18.8 Å². The number of rotatable bonds is 4. The maximum absolute atomic E-state index is 12.9. The lowest BCUT2D eigenvalue weighted by Gasteiger charge is -2.12. The van der Waals surface area contributed by atoms with Gasteiger partial charge in [-0.05, 0) is 18.2 Å². The second kappa shape index (κ2) is 5.55. The fraction of sp³-hybridized carbons (Fsp3) is 0.250. The molecule has 4 amide bonds. The van der Waals surface area contributed by atoms with Crippen LogP contribution in [0.4, 0.5) is 20.6 Å². The highest BCUT2D eigenvalue weighted by molar-refractivity contribution is 6.02. The maximum atomic E-state index is 12.9. The van der Waals surface area contributed by atoms with Gasteiger partial charge in [-0.3, -0.25) is 14.5 Å². The van der Waals surface area contributed by atoms with Crippen LogP contribution in [0.3, 0.4) is 0 Å². The van der Waals surface area contributed by atoms with Crippen molar-refractivity contribution in [1.29, 1.82) is 0 Å². The molecule has 0 aromatic heterocycles. The molecule has 0 saturated carbocycles. The van der Waals surface area contributed by atoms with E-state index in [2.05, 4.69) is 10.6 Å². The summed E-state index contributed by atoms with van der Waals surface area (Å²) in [4.78, 5) is 35.2. The molecule has 0 unspecified atom stereocenters. The minimum absolute atomic E-state index is 0.00677. The number of halogens is 1. The first-order chi connectivity index (χ1) is 9.47. The van der Waals surface area contributed by atoms with Crippen molar-refractivity contribution in [2.45, 2.75) is 6.42 Å². The highest BCUT2D eigenvalue weighted by Crippen LogP contribution is 2.16. The summed E-state index contributed by atoms with van der Waals surface area (Å²) in [6.45, 7) is -0.0534. The van der Waals surface area contributed by atoms with Crippen molar-refractivity contribution in [3.05, 3.63) is 24.0 Å². The Balaban J connectivity index is 1.88. The van der Waals surface area contributed by atoms with Gasteiger partial charge >= 0.3 is 6.03 Å². The van der Waals surface area contributed by atoms with Crippen molar-refractivity contribution in [3.8, 4) is 0 Å². The van der Waals surface area contributed by atoms with E-state index in [0.29, 0.717) is 5.69 Å². The summed E-state index contributed by atoms with van der Waals surface area (Å²) in [6, 6.07) is 3.30. The van der Waals surface area contributed by atoms with E-state index in [0.717, 1.165) is 11.0 Å². The average Bonchev–Trinajstić information content (AvgIpc) is 2.71. The fourth-order valence-electron chi connectivity index (χ4n) is 1.74. The predicted octanol–water partition coefficient (Wildman–Crippen LogP) is 0.288. The first-order valence-corrected chi connectivity index (χ1v) is 5.90. The summed E-state index contributed by atoms with van der Waals surface area (Å²) in [5.74, 6) is -1.33. The van der Waals surface area contributed by atoms with E-state index in [-0.39, 0.29) is 31.1 Å². The van der Waals surface area contributed by atoms with Crippen LogP contribution in [-0.2, 0) is 9.59 Å². The van der Waals surface area contributed by atoms with E-state index in [9.17, 15) is 18.8 Å². The van der Waals surface area contributed by atoms with E-state index >= 15 is 0 Å². The molecule has 1 aromatic carbocycles. The van der Waals surface area contributed by atoms with Gasteiger partial charge in [-0.1, -0.05) is 0 Å². The molecule has 4 N–H and O–H groups in total. The zero-order chi connectivity index (χ0) is 14.7. The van der Waals surface area contributed by atoms with Crippen molar-refractivity contribution in [3.63, 3.8) is 0 Å². The normalized spacial score (nSPS) is 14.3. The standard InChI is InChI=1S/C12H13FN4O3/c13-8-2-1-7(5-9(8)14)16-10(18)3-4-17-11(19)6-15-12(17)20/h1-2,5H,3-4,6,14H2,(H,15,20)(H,16,18). The van der Waals surface area contributed by atoms with E-state index in [1.165, 1.54) is 12.1 Å². The number of nitrogen functional groups attached to an aromatic ring is 1. The number of urea groups is 1. The van der Waals surface area contributed by atoms with Gasteiger partial charge in [0.05, 0.1) is 12.2 Å². The predicted molar refractivity (Wildman–Crippen MR) is 69.2 cm³/mol. The number of carbonyl (C=O) groups excluding carboxylic acids is 3. The molecule has 0 atom stereocenters. The van der Waals surface area contributed by atoms with Gasteiger partial charge in [0.1, 0.15) is 5.82 Å². The molecule has 2 rings (SSSR count). The van der Waals surface area contributed by atoms with Crippen LogP contribution >= 0.6 is 0 Å². The minimum Gasteiger partial charge on any atom is -0.396 e. The number of hydrogen-bond donors (Lipinski definition) is 3. The molecule has 0 radical (unpaired) electrons. The third-order valence-electron chi connectivity index (χ3n) is 2.78. The van der Waals surface area contributed by atoms with Crippen LogP contribution < -0.4 is 16.4 Å². The Bertz CT molecular complexity index is 560. The second-order valence-corrected chi connectivity index (χ2v) is 4.24. The van der Waals surface area contributed by atoms with Gasteiger partial charge in [0, 0.05) is 18.7 Å². The molecule has 1 aliphatic heterocycles. The number of nitrogens with one attached hydrogen (secondary N) is 2. The van der Waals surface area contributed by atoms with Gasteiger partial charge in [-0.2, -0.15) is 0 Å². The van der Waals surface area contributed by atoms with Gasteiger partial charge < -0.3 is 16.4 Å². The van der Waals surface area contributed by atoms with E-state index in [1.807, 2.05) is 0 Å². The van der Waals surface area contributed by atoms with Crippen LogP contribution in [0.15, 0.2) is 18.2 Å². The quantitative estimate of drug-likeness (QED) is 0.544. The number of hydrogen-bond acceptors (Lipinski definition) is 4. The van der Waals surface area contributed by atoms with E-state index in [4.69, 9.17) is 5.73 Å². The van der Waals surface area contributed by atoms with E-state index in [1.54, 1.807) is 0 Å². The zero-order valence-corrected chi connectivity index (χ0v) is 10.5. The van der Waals surface area contributed by atoms with Gasteiger partial charge in [0.15, 0.2) is 0 Å². The monoisotopic (exact) mass is 280 g/mol. The van der Waals surface area contributed by atoms with E-state index < -0.39 is 17.8 Å². The highest BCUT2D eigenvalue weighted by Gasteiger charge is 2.28. The average molecular weight is 280 g/mol. The molecular formula is C12H13FN4O3. The van der Waals surface area contributed by atoms with Crippen LogP contribution in [0, 0.1) is 5.82 Å². The molecule has 1 aliphatic rings. The third-order valence-corrected chi connectivity index (χ3v) is 2.78. The number of anilines is 2. The van der Waals surface area contributed by atoms with Crippen molar-refractivity contribution >= 4 is 29.2 Å². The van der Waals surface area contributed by atoms with Crippen LogP contribution in [0.2, 0.25) is 0 Å². The first kappa shape index (κ1) is 13.8. The first-order valence-electron chi connectivity index (χ1n) is 5.90. The fourth-order valence-corrected chi connectivity index (χ4v) is 1.74. The molecule has 0 spiro atoms. The summed E-state index contributed by atoms with van der Waals surface area (Å²) < 4.78 is 12.9. The Morgan fingerprint density at radius 1 is 1.45 bits per heavy atom. The third kappa shape index (κ3) is 3.02. The summed E-state index contributed by atoms with van der Waals surface area (Å²) >= 11 is 0. The Hall–Kier alpha value is -2.64. The lowest BCUT2D eigenvalue weighted by molar-refractivity contribution is -0.125. The summed E-state index contributed by atoms with van der Waals surface area (Å²) in [5.41, 5.74) is 5.65. The Morgan fingerprint density at radius 3 is 2.80 bits per heavy atom. The van der Waals surface area contributed by atoms with Crippen LogP contribution in [-0.4, -0.2) is 35.8 Å². The van der Waals surface area contributed by atoms with Crippen molar-refractivity contribution in [2.75, 3.05) is 24.1 Å². The molecular weight excluding hydrogens is 267 g/mol. The minimum atomic E-state index is -0.567. The summed E-state index contributed by atoms with van der Waals surface area (Å²) in [6.07, 6.45) is -0.0452. The molecule has 20 heavy (non-hydrogen) atoms. The molecule has 1 saturated heterocycles. The smallest absolute Gasteiger partial charge is 0.324 e. The highest BCUT2D eigenvalue weighted by atomic mass is 19.1. The Labute approximate surface area is 113 Å². The van der Waals surface area contributed by atoms with Crippen molar-refractivity contribution in [2.24, 2.45) is 0 Å². The van der Waals surface area contributed by atoms with Gasteiger partial charge in [-0.15, -0.1) is 0 Å². The molecule has 106 valence electrons. The summed E-state index contributed by atoms with van der Waals surface area (Å²) in [5, 5.41) is 4.86. The van der Waals surface area contributed by atoms with Crippen LogP contribution in [0.5, 0.6) is 0 Å². The zero-order valence-electron chi connectivity index (χ0n) is 10.5. The largest absolute Gasteiger partial charge is 0.396 e. The topological polar surface area (TPSA) is 105 Å².